The predicted molar refractivity (Wildman–Crippen MR) is 238 cm³/mol. The standard InChI is InChI=1S/C50H96O6/c1-6-8-9-10-11-18-27-32-37-42-50(53)56-47(44-55-49(52)41-36-31-26-22-17-16-20-24-29-34-39-46(5)7-2)43-54-48(51)40-35-30-25-21-15-13-12-14-19-23-28-33-38-45(3)4/h45-47H,6-44H2,1-5H3/t46?,47-/m0/s1. The Balaban J connectivity index is 4.27. The molecule has 0 heterocycles. The third-order valence-electron chi connectivity index (χ3n) is 11.6. The van der Waals surface area contributed by atoms with Crippen molar-refractivity contribution in [1.82, 2.24) is 0 Å². The Morgan fingerprint density at radius 3 is 1.02 bits per heavy atom. The van der Waals surface area contributed by atoms with Gasteiger partial charge in [0.15, 0.2) is 6.10 Å². The van der Waals surface area contributed by atoms with Crippen molar-refractivity contribution >= 4 is 17.9 Å². The van der Waals surface area contributed by atoms with Gasteiger partial charge >= 0.3 is 17.9 Å². The molecule has 0 rings (SSSR count). The number of hydrogen-bond acceptors (Lipinski definition) is 6. The molecule has 0 aliphatic heterocycles. The molecule has 0 aliphatic carbocycles. The van der Waals surface area contributed by atoms with Crippen LogP contribution in [-0.4, -0.2) is 37.2 Å². The summed E-state index contributed by atoms with van der Waals surface area (Å²) in [5.41, 5.74) is 0. The van der Waals surface area contributed by atoms with E-state index in [0.717, 1.165) is 69.6 Å². The Labute approximate surface area is 348 Å². The van der Waals surface area contributed by atoms with Crippen LogP contribution < -0.4 is 0 Å². The molecule has 0 aromatic rings. The van der Waals surface area contributed by atoms with Crippen LogP contribution >= 0.6 is 0 Å². The van der Waals surface area contributed by atoms with Gasteiger partial charge in [0.2, 0.25) is 0 Å². The molecule has 6 nitrogen and oxygen atoms in total. The topological polar surface area (TPSA) is 78.9 Å². The Morgan fingerprint density at radius 1 is 0.375 bits per heavy atom. The molecule has 2 atom stereocenters. The summed E-state index contributed by atoms with van der Waals surface area (Å²) in [4.78, 5) is 37.8. The SMILES string of the molecule is CCCCCCCCCCCC(=O)O[C@@H](COC(=O)CCCCCCCCCCCCCCC(C)C)COC(=O)CCCCCCCCCCCCC(C)CC. The number of ether oxygens (including phenoxy) is 3. The van der Waals surface area contributed by atoms with Crippen LogP contribution in [0.15, 0.2) is 0 Å². The van der Waals surface area contributed by atoms with E-state index in [0.29, 0.717) is 19.3 Å². The van der Waals surface area contributed by atoms with Crippen molar-refractivity contribution in [3.05, 3.63) is 0 Å². The van der Waals surface area contributed by atoms with Crippen LogP contribution in [0, 0.1) is 11.8 Å². The molecule has 0 N–H and O–H groups in total. The van der Waals surface area contributed by atoms with Crippen LogP contribution in [0.2, 0.25) is 0 Å². The van der Waals surface area contributed by atoms with Crippen molar-refractivity contribution in [3.63, 3.8) is 0 Å². The highest BCUT2D eigenvalue weighted by molar-refractivity contribution is 5.71. The smallest absolute Gasteiger partial charge is 0.306 e. The van der Waals surface area contributed by atoms with Gasteiger partial charge in [-0.1, -0.05) is 234 Å². The molecule has 0 saturated carbocycles. The first-order valence-electron chi connectivity index (χ1n) is 24.8. The van der Waals surface area contributed by atoms with Gasteiger partial charge in [-0.2, -0.15) is 0 Å². The second-order valence-corrected chi connectivity index (χ2v) is 17.8. The molecule has 0 radical (unpaired) electrons. The highest BCUT2D eigenvalue weighted by Crippen LogP contribution is 2.17. The summed E-state index contributed by atoms with van der Waals surface area (Å²) < 4.78 is 16.8. The fourth-order valence-corrected chi connectivity index (χ4v) is 7.43. The zero-order chi connectivity index (χ0) is 41.2. The lowest BCUT2D eigenvalue weighted by molar-refractivity contribution is -0.167. The maximum Gasteiger partial charge on any atom is 0.306 e. The molecular weight excluding hydrogens is 697 g/mol. The first-order valence-corrected chi connectivity index (χ1v) is 24.8. The quantitative estimate of drug-likeness (QED) is 0.0347. The van der Waals surface area contributed by atoms with Crippen molar-refractivity contribution < 1.29 is 28.6 Å². The van der Waals surface area contributed by atoms with Crippen LogP contribution in [0.3, 0.4) is 0 Å². The van der Waals surface area contributed by atoms with Crippen LogP contribution in [0.25, 0.3) is 0 Å². The molecule has 332 valence electrons. The van der Waals surface area contributed by atoms with Crippen molar-refractivity contribution in [3.8, 4) is 0 Å². The van der Waals surface area contributed by atoms with Gasteiger partial charge in [-0.3, -0.25) is 14.4 Å². The molecule has 1 unspecified atom stereocenters. The number of rotatable bonds is 44. The number of esters is 3. The molecule has 0 aliphatic rings. The highest BCUT2D eigenvalue weighted by atomic mass is 16.6. The van der Waals surface area contributed by atoms with Gasteiger partial charge in [-0.15, -0.1) is 0 Å². The van der Waals surface area contributed by atoms with Gasteiger partial charge in [0.1, 0.15) is 13.2 Å². The van der Waals surface area contributed by atoms with E-state index < -0.39 is 6.10 Å². The van der Waals surface area contributed by atoms with Crippen LogP contribution in [0.5, 0.6) is 0 Å². The van der Waals surface area contributed by atoms with Gasteiger partial charge in [0, 0.05) is 19.3 Å². The van der Waals surface area contributed by atoms with E-state index in [1.54, 1.807) is 0 Å². The Bertz CT molecular complexity index is 856. The van der Waals surface area contributed by atoms with Gasteiger partial charge < -0.3 is 14.2 Å². The summed E-state index contributed by atoms with van der Waals surface area (Å²) in [6, 6.07) is 0. The molecule has 0 fully saturated rings. The monoisotopic (exact) mass is 793 g/mol. The van der Waals surface area contributed by atoms with Crippen molar-refractivity contribution in [2.24, 2.45) is 11.8 Å². The summed E-state index contributed by atoms with van der Waals surface area (Å²) in [6.45, 7) is 11.4. The number of hydrogen-bond donors (Lipinski definition) is 0. The van der Waals surface area contributed by atoms with E-state index in [1.807, 2.05) is 0 Å². The maximum atomic E-state index is 12.7. The van der Waals surface area contributed by atoms with Gasteiger partial charge in [0.25, 0.3) is 0 Å². The Kier molecular flexibility index (Phi) is 41.8. The molecule has 0 amide bonds. The van der Waals surface area contributed by atoms with Crippen LogP contribution in [0.1, 0.15) is 272 Å². The van der Waals surface area contributed by atoms with E-state index in [4.69, 9.17) is 14.2 Å². The first kappa shape index (κ1) is 54.4. The molecule has 0 spiro atoms. The first-order chi connectivity index (χ1) is 27.3. The third-order valence-corrected chi connectivity index (χ3v) is 11.6. The number of carbonyl (C=O) groups is 3. The van der Waals surface area contributed by atoms with E-state index in [-0.39, 0.29) is 31.1 Å². The third kappa shape index (κ3) is 42.0. The molecule has 0 aromatic carbocycles. The average Bonchev–Trinajstić information content (AvgIpc) is 3.18. The van der Waals surface area contributed by atoms with Gasteiger partial charge in [-0.25, -0.2) is 0 Å². The fourth-order valence-electron chi connectivity index (χ4n) is 7.43. The summed E-state index contributed by atoms with van der Waals surface area (Å²) in [5, 5.41) is 0. The highest BCUT2D eigenvalue weighted by Gasteiger charge is 2.19. The summed E-state index contributed by atoms with van der Waals surface area (Å²) in [7, 11) is 0. The lowest BCUT2D eigenvalue weighted by Gasteiger charge is -2.18. The number of carbonyl (C=O) groups excluding carboxylic acids is 3. The van der Waals surface area contributed by atoms with E-state index in [1.165, 1.54) is 161 Å². The molecule has 56 heavy (non-hydrogen) atoms. The number of unbranched alkanes of at least 4 members (excludes halogenated alkanes) is 28. The van der Waals surface area contributed by atoms with Crippen molar-refractivity contribution in [2.75, 3.05) is 13.2 Å². The second kappa shape index (κ2) is 43.0. The van der Waals surface area contributed by atoms with Gasteiger partial charge in [0.05, 0.1) is 0 Å². The molecule has 6 heteroatoms. The van der Waals surface area contributed by atoms with Crippen molar-refractivity contribution in [2.45, 2.75) is 278 Å². The van der Waals surface area contributed by atoms with Crippen molar-refractivity contribution in [1.29, 1.82) is 0 Å². The Hall–Kier alpha value is -1.59. The molecule has 0 aromatic heterocycles. The molecule has 0 saturated heterocycles. The summed E-state index contributed by atoms with van der Waals surface area (Å²) in [5.74, 6) is 0.850. The van der Waals surface area contributed by atoms with E-state index in [2.05, 4.69) is 34.6 Å². The zero-order valence-electron chi connectivity index (χ0n) is 38.3. The lowest BCUT2D eigenvalue weighted by Crippen LogP contribution is -2.30. The van der Waals surface area contributed by atoms with E-state index >= 15 is 0 Å². The minimum Gasteiger partial charge on any atom is -0.462 e. The average molecular weight is 793 g/mol. The molecule has 0 bridgehead atoms. The lowest BCUT2D eigenvalue weighted by atomic mass is 9.99. The fraction of sp³-hybridized carbons (Fsp3) is 0.940. The minimum absolute atomic E-state index is 0.0643. The molecular formula is C50H96O6. The second-order valence-electron chi connectivity index (χ2n) is 17.8. The zero-order valence-corrected chi connectivity index (χ0v) is 38.3. The van der Waals surface area contributed by atoms with Crippen LogP contribution in [-0.2, 0) is 28.6 Å². The normalized spacial score (nSPS) is 12.5. The largest absolute Gasteiger partial charge is 0.462 e. The van der Waals surface area contributed by atoms with Crippen LogP contribution in [0.4, 0.5) is 0 Å². The minimum atomic E-state index is -0.760. The Morgan fingerprint density at radius 2 is 0.679 bits per heavy atom. The van der Waals surface area contributed by atoms with Gasteiger partial charge in [-0.05, 0) is 31.1 Å². The summed E-state index contributed by atoms with van der Waals surface area (Å²) >= 11 is 0. The maximum absolute atomic E-state index is 12.7. The van der Waals surface area contributed by atoms with E-state index in [9.17, 15) is 14.4 Å². The predicted octanol–water partition coefficient (Wildman–Crippen LogP) is 15.8. The summed E-state index contributed by atoms with van der Waals surface area (Å²) in [6.07, 6.45) is 42.2.